The molecule has 3 aromatic carbocycles. The molecular formula is C22H21NO4. The van der Waals surface area contributed by atoms with Crippen LogP contribution in [0.15, 0.2) is 48.5 Å². The molecule has 3 aromatic rings. The predicted molar refractivity (Wildman–Crippen MR) is 105 cm³/mol. The van der Waals surface area contributed by atoms with Gasteiger partial charge in [0.05, 0.1) is 0 Å². The first kappa shape index (κ1) is 18.5. The SMILES string of the molecule is Cc1cc(C)c(NC(=O)COC(=O)c2cc3ccccc3cc2O)c(C)c1. The summed E-state index contributed by atoms with van der Waals surface area (Å²) in [6, 6.07) is 14.4. The van der Waals surface area contributed by atoms with Crippen LogP contribution < -0.4 is 5.32 Å². The minimum atomic E-state index is -0.745. The third-order valence-corrected chi connectivity index (χ3v) is 4.36. The third-order valence-electron chi connectivity index (χ3n) is 4.36. The third kappa shape index (κ3) is 4.08. The van der Waals surface area contributed by atoms with Gasteiger partial charge in [-0.1, -0.05) is 42.0 Å². The number of fused-ring (bicyclic) bond motifs is 1. The predicted octanol–water partition coefficient (Wildman–Crippen LogP) is 4.27. The lowest BCUT2D eigenvalue weighted by Gasteiger charge is -2.13. The van der Waals surface area contributed by atoms with Crippen LogP contribution in [0.4, 0.5) is 5.69 Å². The highest BCUT2D eigenvalue weighted by Crippen LogP contribution is 2.26. The van der Waals surface area contributed by atoms with Crippen LogP contribution in [0.5, 0.6) is 5.75 Å². The van der Waals surface area contributed by atoms with E-state index >= 15 is 0 Å². The monoisotopic (exact) mass is 363 g/mol. The summed E-state index contributed by atoms with van der Waals surface area (Å²) >= 11 is 0. The van der Waals surface area contributed by atoms with Crippen LogP contribution >= 0.6 is 0 Å². The number of carbonyl (C=O) groups is 2. The zero-order valence-corrected chi connectivity index (χ0v) is 15.5. The van der Waals surface area contributed by atoms with Gasteiger partial charge in [-0.25, -0.2) is 4.79 Å². The number of phenols is 1. The summed E-state index contributed by atoms with van der Waals surface area (Å²) in [6.07, 6.45) is 0. The molecule has 5 nitrogen and oxygen atoms in total. The molecule has 138 valence electrons. The Labute approximate surface area is 157 Å². The maximum Gasteiger partial charge on any atom is 0.342 e. The maximum absolute atomic E-state index is 12.3. The number of ether oxygens (including phenoxy) is 1. The minimum Gasteiger partial charge on any atom is -0.507 e. The minimum absolute atomic E-state index is 0.0317. The van der Waals surface area contributed by atoms with Crippen LogP contribution in [0.2, 0.25) is 0 Å². The van der Waals surface area contributed by atoms with E-state index in [0.29, 0.717) is 0 Å². The van der Waals surface area contributed by atoms with Gasteiger partial charge in [-0.3, -0.25) is 4.79 Å². The largest absolute Gasteiger partial charge is 0.507 e. The summed E-state index contributed by atoms with van der Waals surface area (Å²) in [4.78, 5) is 24.5. The van der Waals surface area contributed by atoms with E-state index in [4.69, 9.17) is 4.74 Å². The van der Waals surface area contributed by atoms with Crippen molar-refractivity contribution in [3.8, 4) is 5.75 Å². The van der Waals surface area contributed by atoms with Crippen molar-refractivity contribution in [2.45, 2.75) is 20.8 Å². The fraction of sp³-hybridized carbons (Fsp3) is 0.182. The van der Waals surface area contributed by atoms with Crippen LogP contribution in [-0.2, 0) is 9.53 Å². The molecule has 5 heteroatoms. The number of phenolic OH excluding ortho intramolecular Hbond substituents is 1. The van der Waals surface area contributed by atoms with Crippen LogP contribution in [0, 0.1) is 20.8 Å². The molecule has 0 heterocycles. The van der Waals surface area contributed by atoms with Crippen molar-refractivity contribution >= 4 is 28.3 Å². The van der Waals surface area contributed by atoms with E-state index in [0.717, 1.165) is 33.2 Å². The Hall–Kier alpha value is -3.34. The summed E-state index contributed by atoms with van der Waals surface area (Å²) in [6.45, 7) is 5.38. The summed E-state index contributed by atoms with van der Waals surface area (Å²) in [7, 11) is 0. The average Bonchev–Trinajstić information content (AvgIpc) is 2.62. The number of aromatic hydroxyl groups is 1. The van der Waals surface area contributed by atoms with Crippen molar-refractivity contribution in [1.29, 1.82) is 0 Å². The zero-order valence-electron chi connectivity index (χ0n) is 15.5. The molecule has 0 radical (unpaired) electrons. The van der Waals surface area contributed by atoms with Crippen LogP contribution in [0.1, 0.15) is 27.0 Å². The Morgan fingerprint density at radius 3 is 2.19 bits per heavy atom. The van der Waals surface area contributed by atoms with Crippen LogP contribution in [0.3, 0.4) is 0 Å². The van der Waals surface area contributed by atoms with Crippen molar-refractivity contribution in [1.82, 2.24) is 0 Å². The molecule has 0 unspecified atom stereocenters. The second kappa shape index (κ2) is 7.50. The van der Waals surface area contributed by atoms with E-state index in [9.17, 15) is 14.7 Å². The highest BCUT2D eigenvalue weighted by Gasteiger charge is 2.16. The number of hydrogen-bond acceptors (Lipinski definition) is 4. The number of esters is 1. The average molecular weight is 363 g/mol. The molecule has 0 saturated carbocycles. The second-order valence-electron chi connectivity index (χ2n) is 6.61. The fourth-order valence-corrected chi connectivity index (χ4v) is 3.15. The molecule has 0 atom stereocenters. The molecular weight excluding hydrogens is 342 g/mol. The first-order chi connectivity index (χ1) is 12.8. The molecule has 0 bridgehead atoms. The van der Waals surface area contributed by atoms with E-state index in [1.807, 2.05) is 57.2 Å². The Morgan fingerprint density at radius 1 is 0.963 bits per heavy atom. The van der Waals surface area contributed by atoms with Gasteiger partial charge >= 0.3 is 5.97 Å². The smallest absolute Gasteiger partial charge is 0.342 e. The van der Waals surface area contributed by atoms with Gasteiger partial charge in [-0.15, -0.1) is 0 Å². The zero-order chi connectivity index (χ0) is 19.6. The molecule has 0 aliphatic carbocycles. The Bertz CT molecular complexity index is 1020. The van der Waals surface area contributed by atoms with E-state index in [2.05, 4.69) is 5.32 Å². The van der Waals surface area contributed by atoms with Gasteiger partial charge in [0.15, 0.2) is 6.61 Å². The first-order valence-corrected chi connectivity index (χ1v) is 8.61. The first-order valence-electron chi connectivity index (χ1n) is 8.61. The summed E-state index contributed by atoms with van der Waals surface area (Å²) in [5.74, 6) is -1.35. The van der Waals surface area contributed by atoms with E-state index in [1.165, 1.54) is 6.07 Å². The Kier molecular flexibility index (Phi) is 5.12. The number of rotatable bonds is 4. The van der Waals surface area contributed by atoms with Crippen molar-refractivity contribution in [3.05, 3.63) is 70.8 Å². The fourth-order valence-electron chi connectivity index (χ4n) is 3.15. The molecule has 0 aliphatic heterocycles. The number of aryl methyl sites for hydroxylation is 3. The molecule has 27 heavy (non-hydrogen) atoms. The van der Waals surface area contributed by atoms with Crippen molar-refractivity contribution in [2.75, 3.05) is 11.9 Å². The highest BCUT2D eigenvalue weighted by atomic mass is 16.5. The van der Waals surface area contributed by atoms with Gasteiger partial charge < -0.3 is 15.2 Å². The summed E-state index contributed by atoms with van der Waals surface area (Å²) < 4.78 is 5.08. The van der Waals surface area contributed by atoms with Crippen LogP contribution in [0.25, 0.3) is 10.8 Å². The number of nitrogens with one attached hydrogen (secondary N) is 1. The molecule has 0 spiro atoms. The molecule has 0 aliphatic rings. The normalized spacial score (nSPS) is 10.6. The number of hydrogen-bond donors (Lipinski definition) is 2. The topological polar surface area (TPSA) is 75.6 Å². The standard InChI is InChI=1S/C22H21NO4/c1-13-8-14(2)21(15(3)9-13)23-20(25)12-27-22(26)18-10-16-6-4-5-7-17(16)11-19(18)24/h4-11,24H,12H2,1-3H3,(H,23,25). The molecule has 0 aromatic heterocycles. The molecule has 1 amide bonds. The number of amides is 1. The van der Waals surface area contributed by atoms with Crippen molar-refractivity contribution < 1.29 is 19.4 Å². The van der Waals surface area contributed by atoms with Crippen LogP contribution in [-0.4, -0.2) is 23.6 Å². The highest BCUT2D eigenvalue weighted by molar-refractivity contribution is 6.00. The van der Waals surface area contributed by atoms with Gasteiger partial charge in [0, 0.05) is 5.69 Å². The van der Waals surface area contributed by atoms with Gasteiger partial charge in [-0.2, -0.15) is 0 Å². The van der Waals surface area contributed by atoms with E-state index < -0.39 is 18.5 Å². The van der Waals surface area contributed by atoms with E-state index in [-0.39, 0.29) is 11.3 Å². The number of carbonyl (C=O) groups excluding carboxylic acids is 2. The van der Waals surface area contributed by atoms with E-state index in [1.54, 1.807) is 6.07 Å². The molecule has 0 fully saturated rings. The lowest BCUT2D eigenvalue weighted by atomic mass is 10.1. The number of anilines is 1. The summed E-state index contributed by atoms with van der Waals surface area (Å²) in [5, 5.41) is 14.5. The van der Waals surface area contributed by atoms with Crippen molar-refractivity contribution in [2.24, 2.45) is 0 Å². The lowest BCUT2D eigenvalue weighted by Crippen LogP contribution is -2.22. The molecule has 3 rings (SSSR count). The Morgan fingerprint density at radius 2 is 1.56 bits per heavy atom. The van der Waals surface area contributed by atoms with Gasteiger partial charge in [0.1, 0.15) is 11.3 Å². The molecule has 0 saturated heterocycles. The van der Waals surface area contributed by atoms with Crippen molar-refractivity contribution in [3.63, 3.8) is 0 Å². The summed E-state index contributed by atoms with van der Waals surface area (Å²) in [5.41, 5.74) is 3.75. The van der Waals surface area contributed by atoms with Gasteiger partial charge in [-0.05, 0) is 54.8 Å². The second-order valence-corrected chi connectivity index (χ2v) is 6.61. The molecule has 2 N–H and O–H groups in total. The number of benzene rings is 3. The maximum atomic E-state index is 12.3. The van der Waals surface area contributed by atoms with Gasteiger partial charge in [0.2, 0.25) is 0 Å². The Balaban J connectivity index is 1.69. The lowest BCUT2D eigenvalue weighted by molar-refractivity contribution is -0.119. The van der Waals surface area contributed by atoms with Gasteiger partial charge in [0.25, 0.3) is 5.91 Å². The quantitative estimate of drug-likeness (QED) is 0.679.